The number of aromatic nitrogens is 1. The maximum absolute atomic E-state index is 12.1. The molecule has 1 aromatic rings. The summed E-state index contributed by atoms with van der Waals surface area (Å²) in [5, 5.41) is 3.76. The largest absolute Gasteiger partial charge is 0.364 e. The van der Waals surface area contributed by atoms with Crippen LogP contribution in [0, 0.1) is 5.92 Å². The summed E-state index contributed by atoms with van der Waals surface area (Å²) in [7, 11) is 0. The number of rotatable bonds is 3. The maximum atomic E-state index is 12.1. The first kappa shape index (κ1) is 12.1. The molecule has 1 saturated heterocycles. The van der Waals surface area contributed by atoms with Crippen molar-refractivity contribution in [1.29, 1.82) is 0 Å². The number of likely N-dealkylation sites (tertiary alicyclic amines) is 1. The van der Waals surface area contributed by atoms with Gasteiger partial charge in [0.05, 0.1) is 12.1 Å². The van der Waals surface area contributed by atoms with Crippen LogP contribution in [0.1, 0.15) is 25.5 Å². The van der Waals surface area contributed by atoms with Gasteiger partial charge in [0.2, 0.25) is 5.91 Å². The zero-order valence-corrected chi connectivity index (χ0v) is 10.1. The minimum atomic E-state index is 0.0984. The van der Waals surface area contributed by atoms with Crippen molar-refractivity contribution in [2.24, 2.45) is 11.7 Å². The third-order valence-corrected chi connectivity index (χ3v) is 3.39. The topological polar surface area (TPSA) is 72.4 Å². The summed E-state index contributed by atoms with van der Waals surface area (Å²) in [4.78, 5) is 14.0. The second kappa shape index (κ2) is 5.31. The van der Waals surface area contributed by atoms with Crippen molar-refractivity contribution in [1.82, 2.24) is 10.1 Å². The Kier molecular flexibility index (Phi) is 3.78. The molecule has 2 unspecified atom stereocenters. The lowest BCUT2D eigenvalue weighted by atomic mass is 9.92. The monoisotopic (exact) mass is 237 g/mol. The fourth-order valence-electron chi connectivity index (χ4n) is 2.39. The number of nitrogens with zero attached hydrogens (tertiary/aromatic N) is 2. The molecule has 1 amide bonds. The summed E-state index contributed by atoms with van der Waals surface area (Å²) < 4.78 is 4.73. The molecule has 2 heterocycles. The molecule has 0 spiro atoms. The molecule has 1 aliphatic heterocycles. The molecular weight excluding hydrogens is 218 g/mol. The van der Waals surface area contributed by atoms with E-state index >= 15 is 0 Å². The summed E-state index contributed by atoms with van der Waals surface area (Å²) in [6.07, 6.45) is 3.85. The Morgan fingerprint density at radius 1 is 1.71 bits per heavy atom. The molecule has 1 aromatic heterocycles. The Morgan fingerprint density at radius 2 is 2.53 bits per heavy atom. The van der Waals surface area contributed by atoms with Crippen molar-refractivity contribution in [2.45, 2.75) is 32.2 Å². The molecule has 0 bridgehead atoms. The highest BCUT2D eigenvalue weighted by Gasteiger charge is 2.28. The highest BCUT2D eigenvalue weighted by Crippen LogP contribution is 2.22. The van der Waals surface area contributed by atoms with Gasteiger partial charge in [-0.25, -0.2) is 0 Å². The molecule has 1 fully saturated rings. The second-order valence-corrected chi connectivity index (χ2v) is 4.77. The van der Waals surface area contributed by atoms with Crippen LogP contribution in [0.3, 0.4) is 0 Å². The first-order valence-corrected chi connectivity index (χ1v) is 6.09. The SMILES string of the molecule is CC1CCN(C(=O)Cc2ccon2)C(CN)C1. The fraction of sp³-hybridized carbons (Fsp3) is 0.667. The van der Waals surface area contributed by atoms with Crippen LogP contribution in [0.25, 0.3) is 0 Å². The van der Waals surface area contributed by atoms with E-state index in [1.807, 2.05) is 4.90 Å². The number of piperidine rings is 1. The molecule has 0 saturated carbocycles. The molecule has 2 atom stereocenters. The molecular formula is C12H19N3O2. The van der Waals surface area contributed by atoms with Gasteiger partial charge in [-0.15, -0.1) is 0 Å². The van der Waals surface area contributed by atoms with Gasteiger partial charge in [0.1, 0.15) is 6.26 Å². The average molecular weight is 237 g/mol. The number of carbonyl (C=O) groups is 1. The Hall–Kier alpha value is -1.36. The molecule has 1 aliphatic rings. The second-order valence-electron chi connectivity index (χ2n) is 4.77. The third kappa shape index (κ3) is 2.85. The van der Waals surface area contributed by atoms with Crippen molar-refractivity contribution in [3.8, 4) is 0 Å². The van der Waals surface area contributed by atoms with Crippen molar-refractivity contribution in [3.63, 3.8) is 0 Å². The summed E-state index contributed by atoms with van der Waals surface area (Å²) in [5.41, 5.74) is 6.42. The minimum absolute atomic E-state index is 0.0984. The van der Waals surface area contributed by atoms with E-state index in [0.29, 0.717) is 24.6 Å². The highest BCUT2D eigenvalue weighted by atomic mass is 16.5. The number of hydrogen-bond donors (Lipinski definition) is 1. The Balaban J connectivity index is 1.98. The molecule has 2 rings (SSSR count). The predicted molar refractivity (Wildman–Crippen MR) is 63.2 cm³/mol. The predicted octanol–water partition coefficient (Wildman–Crippen LogP) is 0.803. The lowest BCUT2D eigenvalue weighted by molar-refractivity contribution is -0.134. The Morgan fingerprint density at radius 3 is 3.18 bits per heavy atom. The van der Waals surface area contributed by atoms with Crippen molar-refractivity contribution < 1.29 is 9.32 Å². The van der Waals surface area contributed by atoms with Crippen LogP contribution in [0.2, 0.25) is 0 Å². The van der Waals surface area contributed by atoms with E-state index in [4.69, 9.17) is 10.3 Å². The van der Waals surface area contributed by atoms with Crippen LogP contribution in [0.15, 0.2) is 16.9 Å². The summed E-state index contributed by atoms with van der Waals surface area (Å²) in [6, 6.07) is 1.90. The molecule has 17 heavy (non-hydrogen) atoms. The van der Waals surface area contributed by atoms with Gasteiger partial charge in [0, 0.05) is 25.2 Å². The van der Waals surface area contributed by atoms with Gasteiger partial charge in [-0.2, -0.15) is 0 Å². The van der Waals surface area contributed by atoms with E-state index in [2.05, 4.69) is 12.1 Å². The molecule has 94 valence electrons. The quantitative estimate of drug-likeness (QED) is 0.844. The molecule has 0 aromatic carbocycles. The lowest BCUT2D eigenvalue weighted by Crippen LogP contribution is -2.49. The summed E-state index contributed by atoms with van der Waals surface area (Å²) in [6.45, 7) is 3.55. The smallest absolute Gasteiger partial charge is 0.229 e. The number of amides is 1. The minimum Gasteiger partial charge on any atom is -0.364 e. The van der Waals surface area contributed by atoms with Gasteiger partial charge in [-0.3, -0.25) is 4.79 Å². The van der Waals surface area contributed by atoms with Crippen LogP contribution < -0.4 is 5.73 Å². The van der Waals surface area contributed by atoms with Gasteiger partial charge in [0.15, 0.2) is 0 Å². The van der Waals surface area contributed by atoms with Crippen molar-refractivity contribution >= 4 is 5.91 Å². The van der Waals surface area contributed by atoms with Gasteiger partial charge in [0.25, 0.3) is 0 Å². The van der Waals surface area contributed by atoms with Crippen LogP contribution in [-0.2, 0) is 11.2 Å². The van der Waals surface area contributed by atoms with E-state index in [-0.39, 0.29) is 11.9 Å². The van der Waals surface area contributed by atoms with Crippen LogP contribution >= 0.6 is 0 Å². The molecule has 2 N–H and O–H groups in total. The van der Waals surface area contributed by atoms with Crippen molar-refractivity contribution in [3.05, 3.63) is 18.0 Å². The third-order valence-electron chi connectivity index (χ3n) is 3.39. The highest BCUT2D eigenvalue weighted by molar-refractivity contribution is 5.78. The zero-order chi connectivity index (χ0) is 12.3. The summed E-state index contributed by atoms with van der Waals surface area (Å²) in [5.74, 6) is 0.751. The van der Waals surface area contributed by atoms with E-state index in [1.165, 1.54) is 6.26 Å². The fourth-order valence-corrected chi connectivity index (χ4v) is 2.39. The van der Waals surface area contributed by atoms with Crippen LogP contribution in [0.5, 0.6) is 0 Å². The number of hydrogen-bond acceptors (Lipinski definition) is 4. The van der Waals surface area contributed by atoms with E-state index in [9.17, 15) is 4.79 Å². The van der Waals surface area contributed by atoms with Gasteiger partial charge in [-0.1, -0.05) is 12.1 Å². The van der Waals surface area contributed by atoms with Crippen LogP contribution in [0.4, 0.5) is 0 Å². The van der Waals surface area contributed by atoms with E-state index in [1.54, 1.807) is 6.07 Å². The number of nitrogens with two attached hydrogens (primary N) is 1. The van der Waals surface area contributed by atoms with Crippen LogP contribution in [-0.4, -0.2) is 35.1 Å². The lowest BCUT2D eigenvalue weighted by Gasteiger charge is -2.38. The van der Waals surface area contributed by atoms with Gasteiger partial charge < -0.3 is 15.2 Å². The number of carbonyl (C=O) groups excluding carboxylic acids is 1. The van der Waals surface area contributed by atoms with E-state index in [0.717, 1.165) is 19.4 Å². The molecule has 0 aliphatic carbocycles. The molecule has 0 radical (unpaired) electrons. The molecule has 5 nitrogen and oxygen atoms in total. The first-order valence-electron chi connectivity index (χ1n) is 6.09. The first-order chi connectivity index (χ1) is 8.20. The summed E-state index contributed by atoms with van der Waals surface area (Å²) >= 11 is 0. The van der Waals surface area contributed by atoms with E-state index < -0.39 is 0 Å². The maximum Gasteiger partial charge on any atom is 0.229 e. The van der Waals surface area contributed by atoms with Gasteiger partial charge >= 0.3 is 0 Å². The Bertz CT molecular complexity index is 364. The normalized spacial score (nSPS) is 24.9. The molecule has 5 heteroatoms. The zero-order valence-electron chi connectivity index (χ0n) is 10.1. The Labute approximate surface area is 101 Å². The standard InChI is InChI=1S/C12H19N3O2/c1-9-2-4-15(11(6-9)8-13)12(16)7-10-3-5-17-14-10/h3,5,9,11H,2,4,6-8,13H2,1H3. The van der Waals surface area contributed by atoms with Crippen molar-refractivity contribution in [2.75, 3.05) is 13.1 Å². The van der Waals surface area contributed by atoms with Gasteiger partial charge in [-0.05, 0) is 18.8 Å². The average Bonchev–Trinajstić information content (AvgIpc) is 2.81.